The van der Waals surface area contributed by atoms with Crippen molar-refractivity contribution in [3.63, 3.8) is 0 Å². The molecule has 10 rings (SSSR count). The molecule has 0 N–H and O–H groups in total. The van der Waals surface area contributed by atoms with E-state index in [9.17, 15) is 0 Å². The molecule has 0 amide bonds. The highest BCUT2D eigenvalue weighted by atomic mass is 32.2. The van der Waals surface area contributed by atoms with Crippen molar-refractivity contribution in [2.24, 2.45) is 0 Å². The largest absolute Gasteiger partial charge is 0.311 e. The third kappa shape index (κ3) is 5.74. The molecule has 0 fully saturated rings. The van der Waals surface area contributed by atoms with Gasteiger partial charge in [-0.3, -0.25) is 0 Å². The summed E-state index contributed by atoms with van der Waals surface area (Å²) in [4.78, 5) is 15.1. The minimum absolute atomic E-state index is 0.718. The lowest BCUT2D eigenvalue weighted by Crippen LogP contribution is -2.09. The van der Waals surface area contributed by atoms with Gasteiger partial charge in [-0.15, -0.1) is 0 Å². The second-order valence-corrected chi connectivity index (χ2v) is 14.5. The van der Waals surface area contributed by atoms with Gasteiger partial charge in [0, 0.05) is 54.5 Å². The van der Waals surface area contributed by atoms with Crippen molar-refractivity contribution in [3.8, 4) is 56.2 Å². The summed E-state index contributed by atoms with van der Waals surface area (Å²) in [7, 11) is 0. The highest BCUT2D eigenvalue weighted by Crippen LogP contribution is 2.52. The molecular formula is C50H33N3S. The number of hydrogen-bond acceptors (Lipinski definition) is 4. The van der Waals surface area contributed by atoms with Gasteiger partial charge in [0.25, 0.3) is 0 Å². The Balaban J connectivity index is 1.10. The maximum Gasteiger partial charge on any atom is 0.160 e. The number of fused-ring (bicyclic) bond motifs is 2. The minimum Gasteiger partial charge on any atom is -0.311 e. The fourth-order valence-electron chi connectivity index (χ4n) is 7.60. The molecule has 1 aromatic heterocycles. The van der Waals surface area contributed by atoms with Gasteiger partial charge in [-0.25, -0.2) is 9.97 Å². The summed E-state index contributed by atoms with van der Waals surface area (Å²) in [6.07, 6.45) is 0. The van der Waals surface area contributed by atoms with Crippen LogP contribution in [-0.4, -0.2) is 9.97 Å². The number of anilines is 3. The molecule has 0 radical (unpaired) electrons. The van der Waals surface area contributed by atoms with Crippen molar-refractivity contribution in [2.75, 3.05) is 4.90 Å². The highest BCUT2D eigenvalue weighted by molar-refractivity contribution is 7.99. The Hall–Kier alpha value is -6.75. The Morgan fingerprint density at radius 1 is 0.370 bits per heavy atom. The summed E-state index contributed by atoms with van der Waals surface area (Å²) in [6.45, 7) is 0. The zero-order valence-electron chi connectivity index (χ0n) is 29.3. The van der Waals surface area contributed by atoms with E-state index in [4.69, 9.17) is 9.97 Å². The van der Waals surface area contributed by atoms with E-state index >= 15 is 0 Å². The average molecular weight is 708 g/mol. The van der Waals surface area contributed by atoms with Crippen LogP contribution in [0, 0.1) is 0 Å². The van der Waals surface area contributed by atoms with Crippen LogP contribution < -0.4 is 4.90 Å². The van der Waals surface area contributed by atoms with E-state index in [0.29, 0.717) is 0 Å². The Morgan fingerprint density at radius 3 is 1.63 bits per heavy atom. The van der Waals surface area contributed by atoms with Crippen LogP contribution in [0.15, 0.2) is 210 Å². The van der Waals surface area contributed by atoms with Crippen molar-refractivity contribution in [1.82, 2.24) is 9.97 Å². The monoisotopic (exact) mass is 707 g/mol. The zero-order valence-corrected chi connectivity index (χ0v) is 30.1. The first kappa shape index (κ1) is 31.9. The van der Waals surface area contributed by atoms with E-state index in [0.717, 1.165) is 51.0 Å². The molecule has 0 aliphatic carbocycles. The summed E-state index contributed by atoms with van der Waals surface area (Å²) in [5.41, 5.74) is 13.2. The van der Waals surface area contributed by atoms with Gasteiger partial charge in [-0.05, 0) is 76.7 Å². The predicted molar refractivity (Wildman–Crippen MR) is 226 cm³/mol. The Labute approximate surface area is 319 Å². The Kier molecular flexibility index (Phi) is 8.08. The number of para-hydroxylation sites is 2. The molecule has 1 aliphatic heterocycles. The number of benzene rings is 8. The summed E-state index contributed by atoms with van der Waals surface area (Å²) in [5, 5.41) is 2.52. The quantitative estimate of drug-likeness (QED) is 0.165. The standard InChI is InChI=1S/C50H33N3S/c1-5-15-35(16-6-1)44-33-45(52-50(51-44)36-17-7-2-8-18-36)42-24-14-26-46-49(42)43-25-13-23-41-40(31-32-47(54-46)48(41)43)34-27-29-39(30-28-34)53(37-19-9-3-10-20-37)38-21-11-4-12-22-38/h1-33H. The van der Waals surface area contributed by atoms with Gasteiger partial charge in [-0.2, -0.15) is 0 Å². The SMILES string of the molecule is c1ccc(-c2cc(-c3cccc4c3-c3cccc5c(-c6ccc(N(c7ccccc7)c7ccccc7)cc6)ccc(c35)S4)nc(-c3ccccc3)n2)cc1. The second-order valence-electron chi connectivity index (χ2n) is 13.4. The molecule has 0 atom stereocenters. The molecule has 4 heteroatoms. The lowest BCUT2D eigenvalue weighted by atomic mass is 9.89. The predicted octanol–water partition coefficient (Wildman–Crippen LogP) is 13.9. The molecule has 254 valence electrons. The van der Waals surface area contributed by atoms with Crippen molar-refractivity contribution in [3.05, 3.63) is 200 Å². The van der Waals surface area contributed by atoms with Crippen LogP contribution in [0.1, 0.15) is 0 Å². The van der Waals surface area contributed by atoms with Gasteiger partial charge < -0.3 is 4.90 Å². The van der Waals surface area contributed by atoms with Crippen LogP contribution in [0.3, 0.4) is 0 Å². The van der Waals surface area contributed by atoms with Gasteiger partial charge in [0.05, 0.1) is 11.4 Å². The van der Waals surface area contributed by atoms with Crippen molar-refractivity contribution >= 4 is 39.6 Å². The molecule has 54 heavy (non-hydrogen) atoms. The summed E-state index contributed by atoms with van der Waals surface area (Å²) in [5.74, 6) is 0.718. The molecule has 3 nitrogen and oxygen atoms in total. The van der Waals surface area contributed by atoms with E-state index in [1.165, 1.54) is 42.8 Å². The van der Waals surface area contributed by atoms with Crippen molar-refractivity contribution in [2.45, 2.75) is 9.79 Å². The molecule has 0 unspecified atom stereocenters. The molecule has 1 aliphatic rings. The normalized spacial score (nSPS) is 11.6. The molecule has 0 saturated carbocycles. The summed E-state index contributed by atoms with van der Waals surface area (Å²) in [6, 6.07) is 70.8. The first-order valence-electron chi connectivity index (χ1n) is 18.2. The van der Waals surface area contributed by atoms with Crippen LogP contribution in [0.5, 0.6) is 0 Å². The van der Waals surface area contributed by atoms with Gasteiger partial charge in [0.1, 0.15) is 0 Å². The zero-order chi connectivity index (χ0) is 35.8. The van der Waals surface area contributed by atoms with E-state index in [1.54, 1.807) is 0 Å². The molecule has 9 aromatic rings. The van der Waals surface area contributed by atoms with Crippen LogP contribution in [0.2, 0.25) is 0 Å². The fraction of sp³-hybridized carbons (Fsp3) is 0. The highest BCUT2D eigenvalue weighted by Gasteiger charge is 2.25. The van der Waals surface area contributed by atoms with Crippen LogP contribution in [0.25, 0.3) is 66.9 Å². The molecule has 0 spiro atoms. The van der Waals surface area contributed by atoms with E-state index in [2.05, 4.69) is 181 Å². The number of rotatable bonds is 7. The molecule has 8 aromatic carbocycles. The molecule has 0 saturated heterocycles. The van der Waals surface area contributed by atoms with Gasteiger partial charge in [0.15, 0.2) is 5.82 Å². The van der Waals surface area contributed by atoms with E-state index < -0.39 is 0 Å². The maximum absolute atomic E-state index is 5.23. The summed E-state index contributed by atoms with van der Waals surface area (Å²) >= 11 is 1.84. The molecule has 2 heterocycles. The fourth-order valence-corrected chi connectivity index (χ4v) is 8.76. The van der Waals surface area contributed by atoms with E-state index in [1.807, 2.05) is 36.0 Å². The number of nitrogens with zero attached hydrogens (tertiary/aromatic N) is 3. The first-order chi connectivity index (χ1) is 26.8. The third-order valence-electron chi connectivity index (χ3n) is 10.1. The van der Waals surface area contributed by atoms with Crippen LogP contribution >= 0.6 is 11.8 Å². The van der Waals surface area contributed by atoms with Crippen LogP contribution in [-0.2, 0) is 0 Å². The van der Waals surface area contributed by atoms with Crippen molar-refractivity contribution < 1.29 is 0 Å². The second kappa shape index (κ2) is 13.7. The first-order valence-corrected chi connectivity index (χ1v) is 19.0. The maximum atomic E-state index is 5.23. The lowest BCUT2D eigenvalue weighted by Gasteiger charge is -2.26. The van der Waals surface area contributed by atoms with Gasteiger partial charge in [-0.1, -0.05) is 157 Å². The average Bonchev–Trinajstić information content (AvgIpc) is 3.25. The Morgan fingerprint density at radius 2 is 0.944 bits per heavy atom. The topological polar surface area (TPSA) is 29.0 Å². The number of hydrogen-bond donors (Lipinski definition) is 0. The van der Waals surface area contributed by atoms with E-state index in [-0.39, 0.29) is 0 Å². The molecule has 0 bridgehead atoms. The number of aromatic nitrogens is 2. The Bertz CT molecular complexity index is 2670. The van der Waals surface area contributed by atoms with Crippen molar-refractivity contribution in [1.29, 1.82) is 0 Å². The summed E-state index contributed by atoms with van der Waals surface area (Å²) < 4.78 is 0. The molecular weight excluding hydrogens is 675 g/mol. The third-order valence-corrected chi connectivity index (χ3v) is 11.2. The van der Waals surface area contributed by atoms with Gasteiger partial charge >= 0.3 is 0 Å². The smallest absolute Gasteiger partial charge is 0.160 e. The van der Waals surface area contributed by atoms with Crippen LogP contribution in [0.4, 0.5) is 17.1 Å². The lowest BCUT2D eigenvalue weighted by molar-refractivity contribution is 1.18. The minimum atomic E-state index is 0.718. The van der Waals surface area contributed by atoms with Gasteiger partial charge in [0.2, 0.25) is 0 Å².